The summed E-state index contributed by atoms with van der Waals surface area (Å²) in [4.78, 5) is 0. The topological polar surface area (TPSA) is 41.5 Å². The van der Waals surface area contributed by atoms with Crippen molar-refractivity contribution < 1.29 is 9.84 Å². The maximum Gasteiger partial charge on any atom is 0.0588 e. The zero-order chi connectivity index (χ0) is 11.9. The van der Waals surface area contributed by atoms with Gasteiger partial charge >= 0.3 is 0 Å². The molecule has 0 aliphatic carbocycles. The van der Waals surface area contributed by atoms with Gasteiger partial charge in [-0.15, -0.1) is 0 Å². The minimum Gasteiger partial charge on any atom is -0.396 e. The molecule has 0 aromatic heterocycles. The average molecular weight is 229 g/mol. The molecule has 3 heteroatoms. The Bertz CT molecular complexity index is 177. The van der Waals surface area contributed by atoms with Crippen LogP contribution in [0.25, 0.3) is 0 Å². The summed E-state index contributed by atoms with van der Waals surface area (Å²) in [6.45, 7) is 7.84. The molecule has 1 fully saturated rings. The lowest BCUT2D eigenvalue weighted by Crippen LogP contribution is -2.31. The van der Waals surface area contributed by atoms with Crippen molar-refractivity contribution in [3.63, 3.8) is 0 Å². The van der Waals surface area contributed by atoms with E-state index in [2.05, 4.69) is 19.2 Å². The van der Waals surface area contributed by atoms with Crippen molar-refractivity contribution in [1.29, 1.82) is 0 Å². The van der Waals surface area contributed by atoms with Crippen LogP contribution in [0, 0.1) is 5.41 Å². The third-order valence-electron chi connectivity index (χ3n) is 3.28. The molecule has 1 aliphatic rings. The summed E-state index contributed by atoms with van der Waals surface area (Å²) in [5.74, 6) is 0. The molecule has 0 amide bonds. The first-order valence-corrected chi connectivity index (χ1v) is 6.57. The largest absolute Gasteiger partial charge is 0.396 e. The van der Waals surface area contributed by atoms with E-state index in [1.165, 1.54) is 12.8 Å². The minimum absolute atomic E-state index is 0.291. The van der Waals surface area contributed by atoms with Gasteiger partial charge in [0.15, 0.2) is 0 Å². The fourth-order valence-electron chi connectivity index (χ4n) is 2.21. The lowest BCUT2D eigenvalue weighted by atomic mass is 9.88. The van der Waals surface area contributed by atoms with Crippen LogP contribution in [0.1, 0.15) is 46.0 Å². The molecule has 1 rings (SSSR count). The Balaban J connectivity index is 2.00. The summed E-state index contributed by atoms with van der Waals surface area (Å²) in [5.41, 5.74) is 0.291. The third-order valence-corrected chi connectivity index (χ3v) is 3.28. The van der Waals surface area contributed by atoms with Crippen molar-refractivity contribution in [1.82, 2.24) is 5.32 Å². The first kappa shape index (κ1) is 13.9. The van der Waals surface area contributed by atoms with E-state index in [1.54, 1.807) is 0 Å². The Morgan fingerprint density at radius 2 is 2.25 bits per heavy atom. The molecule has 1 aliphatic heterocycles. The van der Waals surface area contributed by atoms with Gasteiger partial charge in [-0.2, -0.15) is 0 Å². The van der Waals surface area contributed by atoms with Crippen LogP contribution in [0.15, 0.2) is 0 Å². The molecule has 0 saturated carbocycles. The summed E-state index contributed by atoms with van der Waals surface area (Å²) < 4.78 is 5.58. The van der Waals surface area contributed by atoms with Crippen molar-refractivity contribution >= 4 is 0 Å². The Kier molecular flexibility index (Phi) is 6.32. The second-order valence-corrected chi connectivity index (χ2v) is 5.59. The van der Waals surface area contributed by atoms with Gasteiger partial charge in [0.25, 0.3) is 0 Å². The van der Waals surface area contributed by atoms with Crippen LogP contribution in [-0.4, -0.2) is 37.5 Å². The number of rotatable bonds is 8. The number of ether oxygens (including phenoxy) is 1. The second-order valence-electron chi connectivity index (χ2n) is 5.59. The molecule has 1 heterocycles. The molecular formula is C13H27NO2. The molecule has 96 valence electrons. The van der Waals surface area contributed by atoms with Gasteiger partial charge in [-0.25, -0.2) is 0 Å². The summed E-state index contributed by atoms with van der Waals surface area (Å²) in [6, 6.07) is 0. The minimum atomic E-state index is 0.291. The van der Waals surface area contributed by atoms with Gasteiger partial charge in [-0.1, -0.05) is 13.8 Å². The lowest BCUT2D eigenvalue weighted by Gasteiger charge is -2.25. The van der Waals surface area contributed by atoms with E-state index in [4.69, 9.17) is 9.84 Å². The second kappa shape index (κ2) is 7.25. The fraction of sp³-hybridized carbons (Fsp3) is 1.00. The van der Waals surface area contributed by atoms with Crippen LogP contribution >= 0.6 is 0 Å². The number of hydrogen-bond donors (Lipinski definition) is 2. The standard InChI is InChI=1S/C13H27NO2/c1-13(2,7-4-9-15)11-14-8-6-12-5-3-10-16-12/h12,14-15H,3-11H2,1-2H3. The highest BCUT2D eigenvalue weighted by Crippen LogP contribution is 2.21. The molecule has 1 saturated heterocycles. The Labute approximate surface area is 99.6 Å². The third kappa shape index (κ3) is 5.83. The molecule has 0 spiro atoms. The van der Waals surface area contributed by atoms with E-state index < -0.39 is 0 Å². The highest BCUT2D eigenvalue weighted by molar-refractivity contribution is 4.72. The lowest BCUT2D eigenvalue weighted by molar-refractivity contribution is 0.103. The van der Waals surface area contributed by atoms with Crippen LogP contribution in [0.4, 0.5) is 0 Å². The Morgan fingerprint density at radius 1 is 1.44 bits per heavy atom. The van der Waals surface area contributed by atoms with Crippen molar-refractivity contribution in [2.75, 3.05) is 26.3 Å². The van der Waals surface area contributed by atoms with Crippen molar-refractivity contribution in [2.24, 2.45) is 5.41 Å². The van der Waals surface area contributed by atoms with Crippen LogP contribution < -0.4 is 5.32 Å². The van der Waals surface area contributed by atoms with Gasteiger partial charge in [0.1, 0.15) is 0 Å². The summed E-state index contributed by atoms with van der Waals surface area (Å²) >= 11 is 0. The summed E-state index contributed by atoms with van der Waals surface area (Å²) in [5, 5.41) is 12.3. The molecule has 3 nitrogen and oxygen atoms in total. The quantitative estimate of drug-likeness (QED) is 0.625. The summed E-state index contributed by atoms with van der Waals surface area (Å²) in [6.07, 6.45) is 6.07. The van der Waals surface area contributed by atoms with Crippen molar-refractivity contribution in [3.05, 3.63) is 0 Å². The van der Waals surface area contributed by atoms with Crippen LogP contribution in [0.5, 0.6) is 0 Å². The molecule has 1 unspecified atom stereocenters. The van der Waals surface area contributed by atoms with E-state index in [0.717, 1.165) is 39.0 Å². The molecule has 16 heavy (non-hydrogen) atoms. The highest BCUT2D eigenvalue weighted by atomic mass is 16.5. The average Bonchev–Trinajstić information content (AvgIpc) is 2.75. The monoisotopic (exact) mass is 229 g/mol. The van der Waals surface area contributed by atoms with E-state index in [0.29, 0.717) is 18.1 Å². The van der Waals surface area contributed by atoms with Crippen LogP contribution in [-0.2, 0) is 4.74 Å². The molecule has 0 aromatic rings. The van der Waals surface area contributed by atoms with E-state index in [9.17, 15) is 0 Å². The number of aliphatic hydroxyl groups is 1. The predicted octanol–water partition coefficient (Wildman–Crippen LogP) is 1.94. The molecule has 0 bridgehead atoms. The maximum atomic E-state index is 8.81. The van der Waals surface area contributed by atoms with E-state index >= 15 is 0 Å². The number of nitrogens with one attached hydrogen (secondary N) is 1. The predicted molar refractivity (Wildman–Crippen MR) is 66.6 cm³/mol. The Hall–Kier alpha value is -0.120. The molecule has 0 aromatic carbocycles. The smallest absolute Gasteiger partial charge is 0.0588 e. The van der Waals surface area contributed by atoms with E-state index in [-0.39, 0.29) is 0 Å². The zero-order valence-electron chi connectivity index (χ0n) is 10.8. The highest BCUT2D eigenvalue weighted by Gasteiger charge is 2.18. The molecule has 0 radical (unpaired) electrons. The van der Waals surface area contributed by atoms with Crippen molar-refractivity contribution in [2.45, 2.75) is 52.1 Å². The fourth-order valence-corrected chi connectivity index (χ4v) is 2.21. The molecule has 1 atom stereocenters. The SMILES string of the molecule is CC(C)(CCCO)CNCCC1CCCO1. The number of aliphatic hydroxyl groups excluding tert-OH is 1. The van der Waals surface area contributed by atoms with Gasteiger partial charge in [-0.3, -0.25) is 0 Å². The first-order chi connectivity index (χ1) is 7.64. The number of hydrogen-bond acceptors (Lipinski definition) is 3. The van der Waals surface area contributed by atoms with Gasteiger partial charge in [0, 0.05) is 19.8 Å². The summed E-state index contributed by atoms with van der Waals surface area (Å²) in [7, 11) is 0. The van der Waals surface area contributed by atoms with Crippen molar-refractivity contribution in [3.8, 4) is 0 Å². The van der Waals surface area contributed by atoms with Crippen LogP contribution in [0.3, 0.4) is 0 Å². The molecular weight excluding hydrogens is 202 g/mol. The van der Waals surface area contributed by atoms with Gasteiger partial charge in [0.2, 0.25) is 0 Å². The maximum absolute atomic E-state index is 8.81. The Morgan fingerprint density at radius 3 is 2.88 bits per heavy atom. The van der Waals surface area contributed by atoms with Gasteiger partial charge in [0.05, 0.1) is 6.10 Å². The normalized spacial score (nSPS) is 21.6. The molecule has 2 N–H and O–H groups in total. The van der Waals surface area contributed by atoms with Crippen LogP contribution in [0.2, 0.25) is 0 Å². The van der Waals surface area contributed by atoms with E-state index in [1.807, 2.05) is 0 Å². The zero-order valence-corrected chi connectivity index (χ0v) is 10.8. The van der Waals surface area contributed by atoms with Gasteiger partial charge in [-0.05, 0) is 44.1 Å². The first-order valence-electron chi connectivity index (χ1n) is 6.57. The van der Waals surface area contributed by atoms with Gasteiger partial charge < -0.3 is 15.2 Å².